The Kier molecular flexibility index (Phi) is 4.52. The fraction of sp³-hybridized carbons (Fsp3) is 0.750. The van der Waals surface area contributed by atoms with Crippen LogP contribution in [0.25, 0.3) is 0 Å². The van der Waals surface area contributed by atoms with E-state index in [-0.39, 0.29) is 0 Å². The number of aliphatic hydroxyl groups is 1. The summed E-state index contributed by atoms with van der Waals surface area (Å²) in [6, 6.07) is 0. The summed E-state index contributed by atoms with van der Waals surface area (Å²) in [6.45, 7) is 2.94. The third-order valence-corrected chi connectivity index (χ3v) is 1.48. The van der Waals surface area contributed by atoms with E-state index < -0.39 is 30.3 Å². The maximum absolute atomic E-state index is 11.0. The molecule has 0 heterocycles. The van der Waals surface area contributed by atoms with Gasteiger partial charge in [-0.15, -0.1) is 0 Å². The molecule has 0 spiro atoms. The molecule has 1 atom stereocenters. The fourth-order valence-electron chi connectivity index (χ4n) is 0.601. The molecule has 0 amide bonds. The number of methoxy groups -OCH3 is 1. The number of hydrogen-bond donors (Lipinski definition) is 2. The van der Waals surface area contributed by atoms with Gasteiger partial charge in [-0.1, -0.05) is 0 Å². The molecule has 14 heavy (non-hydrogen) atoms. The van der Waals surface area contributed by atoms with E-state index >= 15 is 0 Å². The summed E-state index contributed by atoms with van der Waals surface area (Å²) in [5.74, 6) is -3.46. The van der Waals surface area contributed by atoms with Crippen molar-refractivity contribution in [2.24, 2.45) is 0 Å². The Balaban J connectivity index is 4.14. The fourth-order valence-corrected chi connectivity index (χ4v) is 0.601. The Morgan fingerprint density at radius 1 is 1.43 bits per heavy atom. The number of aliphatic carboxylic acids is 1. The molecule has 0 rings (SSSR count). The summed E-state index contributed by atoms with van der Waals surface area (Å²) in [7, 11) is 1.33. The van der Waals surface area contributed by atoms with Crippen molar-refractivity contribution in [3.63, 3.8) is 0 Å². The van der Waals surface area contributed by atoms with E-state index in [1.165, 1.54) is 21.0 Å². The Morgan fingerprint density at radius 2 is 1.93 bits per heavy atom. The summed E-state index contributed by atoms with van der Waals surface area (Å²) < 4.78 is 9.44. The topological polar surface area (TPSA) is 93.1 Å². The molecule has 0 aliphatic rings. The van der Waals surface area contributed by atoms with Crippen LogP contribution in [0.4, 0.5) is 0 Å². The second kappa shape index (κ2) is 4.92. The van der Waals surface area contributed by atoms with Crippen molar-refractivity contribution in [1.82, 2.24) is 0 Å². The zero-order chi connectivity index (χ0) is 11.4. The molecule has 82 valence electrons. The van der Waals surface area contributed by atoms with Gasteiger partial charge in [0.1, 0.15) is 0 Å². The zero-order valence-corrected chi connectivity index (χ0v) is 8.31. The molecule has 0 aromatic carbocycles. The summed E-state index contributed by atoms with van der Waals surface area (Å²) in [5.41, 5.74) is 0. The lowest BCUT2D eigenvalue weighted by atomic mass is 10.2. The Hall–Kier alpha value is -1.14. The first kappa shape index (κ1) is 12.9. The highest BCUT2D eigenvalue weighted by molar-refractivity contribution is 5.80. The van der Waals surface area contributed by atoms with Crippen molar-refractivity contribution in [1.29, 1.82) is 0 Å². The van der Waals surface area contributed by atoms with Crippen molar-refractivity contribution < 1.29 is 29.3 Å². The molecular formula is C8H14O6. The number of carbonyl (C=O) groups is 2. The number of esters is 1. The van der Waals surface area contributed by atoms with Gasteiger partial charge in [0, 0.05) is 21.0 Å². The van der Waals surface area contributed by atoms with Crippen molar-refractivity contribution in [3.8, 4) is 0 Å². The quantitative estimate of drug-likeness (QED) is 0.476. The van der Waals surface area contributed by atoms with E-state index in [0.29, 0.717) is 0 Å². The van der Waals surface area contributed by atoms with Crippen LogP contribution < -0.4 is 0 Å². The standard InChI is InChI=1S/C8H14O6/c1-8(2,13-3)14-7(12)5(9)4-6(10)11/h5,9H,4H2,1-3H3,(H,10,11). The molecule has 0 radical (unpaired) electrons. The molecule has 0 saturated carbocycles. The SMILES string of the molecule is COC(C)(C)OC(=O)C(O)CC(=O)O. The molecule has 0 aromatic heterocycles. The molecule has 0 aliphatic carbocycles. The van der Waals surface area contributed by atoms with Crippen LogP contribution in [0, 0.1) is 0 Å². The summed E-state index contributed by atoms with van der Waals surface area (Å²) in [6.07, 6.45) is -2.35. The lowest BCUT2D eigenvalue weighted by Crippen LogP contribution is -2.36. The van der Waals surface area contributed by atoms with E-state index in [9.17, 15) is 9.59 Å². The number of carbonyl (C=O) groups excluding carboxylic acids is 1. The summed E-state index contributed by atoms with van der Waals surface area (Å²) in [5, 5.41) is 17.3. The number of ether oxygens (including phenoxy) is 2. The van der Waals surface area contributed by atoms with Crippen molar-refractivity contribution in [3.05, 3.63) is 0 Å². The molecule has 0 saturated heterocycles. The largest absolute Gasteiger partial charge is 0.481 e. The molecule has 6 nitrogen and oxygen atoms in total. The highest BCUT2D eigenvalue weighted by Crippen LogP contribution is 2.11. The second-order valence-corrected chi connectivity index (χ2v) is 3.14. The number of hydrogen-bond acceptors (Lipinski definition) is 5. The van der Waals surface area contributed by atoms with Crippen LogP contribution in [-0.2, 0) is 19.1 Å². The molecule has 0 aliphatic heterocycles. The highest BCUT2D eigenvalue weighted by Gasteiger charge is 2.27. The smallest absolute Gasteiger partial charge is 0.338 e. The lowest BCUT2D eigenvalue weighted by molar-refractivity contribution is -0.214. The first-order valence-corrected chi connectivity index (χ1v) is 3.96. The molecule has 2 N–H and O–H groups in total. The molecule has 0 fully saturated rings. The van der Waals surface area contributed by atoms with E-state index in [2.05, 4.69) is 4.74 Å². The van der Waals surface area contributed by atoms with Gasteiger partial charge in [-0.2, -0.15) is 0 Å². The van der Waals surface area contributed by atoms with Gasteiger partial charge in [0.05, 0.1) is 6.42 Å². The van der Waals surface area contributed by atoms with Gasteiger partial charge >= 0.3 is 11.9 Å². The molecule has 0 bridgehead atoms. The maximum atomic E-state index is 11.0. The average molecular weight is 206 g/mol. The van der Waals surface area contributed by atoms with Gasteiger partial charge in [0.15, 0.2) is 6.10 Å². The van der Waals surface area contributed by atoms with Crippen LogP contribution >= 0.6 is 0 Å². The van der Waals surface area contributed by atoms with Gasteiger partial charge in [-0.05, 0) is 0 Å². The Labute approximate surface area is 81.4 Å². The number of rotatable bonds is 5. The van der Waals surface area contributed by atoms with Crippen molar-refractivity contribution in [2.75, 3.05) is 7.11 Å². The average Bonchev–Trinajstić information content (AvgIpc) is 2.02. The minimum atomic E-state index is -1.66. The maximum Gasteiger partial charge on any atom is 0.338 e. The number of carboxylic acids is 1. The third-order valence-electron chi connectivity index (χ3n) is 1.48. The lowest BCUT2D eigenvalue weighted by Gasteiger charge is -2.24. The first-order chi connectivity index (χ1) is 6.28. The van der Waals surface area contributed by atoms with Crippen LogP contribution in [0.1, 0.15) is 20.3 Å². The molecular weight excluding hydrogens is 192 g/mol. The second-order valence-electron chi connectivity index (χ2n) is 3.14. The third kappa shape index (κ3) is 4.78. The van der Waals surface area contributed by atoms with Crippen molar-refractivity contribution in [2.45, 2.75) is 32.2 Å². The zero-order valence-electron chi connectivity index (χ0n) is 8.31. The molecule has 1 unspecified atom stereocenters. The van der Waals surface area contributed by atoms with Crippen LogP contribution in [0.2, 0.25) is 0 Å². The number of aliphatic hydroxyl groups excluding tert-OH is 1. The normalized spacial score (nSPS) is 13.4. The van der Waals surface area contributed by atoms with E-state index in [4.69, 9.17) is 14.9 Å². The molecule has 6 heteroatoms. The van der Waals surface area contributed by atoms with Crippen LogP contribution in [0.5, 0.6) is 0 Å². The summed E-state index contributed by atoms with van der Waals surface area (Å²) in [4.78, 5) is 21.2. The predicted octanol–water partition coefficient (Wildman–Crippen LogP) is -0.252. The van der Waals surface area contributed by atoms with Gasteiger partial charge in [-0.3, -0.25) is 4.79 Å². The van der Waals surface area contributed by atoms with Gasteiger partial charge in [-0.25, -0.2) is 4.79 Å². The minimum absolute atomic E-state index is 0.682. The Bertz CT molecular complexity index is 222. The predicted molar refractivity (Wildman–Crippen MR) is 45.4 cm³/mol. The minimum Gasteiger partial charge on any atom is -0.481 e. The molecule has 0 aromatic rings. The first-order valence-electron chi connectivity index (χ1n) is 3.96. The van der Waals surface area contributed by atoms with Crippen LogP contribution in [0.15, 0.2) is 0 Å². The monoisotopic (exact) mass is 206 g/mol. The van der Waals surface area contributed by atoms with Gasteiger partial charge in [0.25, 0.3) is 0 Å². The van der Waals surface area contributed by atoms with E-state index in [1.54, 1.807) is 0 Å². The van der Waals surface area contributed by atoms with Crippen LogP contribution in [0.3, 0.4) is 0 Å². The van der Waals surface area contributed by atoms with Crippen LogP contribution in [-0.4, -0.2) is 41.2 Å². The van der Waals surface area contributed by atoms with Gasteiger partial charge < -0.3 is 19.7 Å². The Morgan fingerprint density at radius 3 is 2.29 bits per heavy atom. The van der Waals surface area contributed by atoms with Crippen molar-refractivity contribution >= 4 is 11.9 Å². The van der Waals surface area contributed by atoms with E-state index in [1.807, 2.05) is 0 Å². The van der Waals surface area contributed by atoms with E-state index in [0.717, 1.165) is 0 Å². The highest BCUT2D eigenvalue weighted by atomic mass is 16.7. The van der Waals surface area contributed by atoms with Gasteiger partial charge in [0.2, 0.25) is 5.79 Å². The number of carboxylic acid groups (broad SMARTS) is 1. The summed E-state index contributed by atoms with van der Waals surface area (Å²) >= 11 is 0.